The Kier molecular flexibility index (Phi) is 43.4. The average Bonchev–Trinajstić information content (AvgIpc) is 0.754. The van der Waals surface area contributed by atoms with Crippen LogP contribution in [0.25, 0.3) is 0 Å². The molecule has 65 nitrogen and oxygen atoms in total. The number of ether oxygens (including phenoxy) is 23. The van der Waals surface area contributed by atoms with Gasteiger partial charge in [-0.25, -0.2) is 0 Å². The molecular weight excluding hydrogens is 2010 g/mol. The summed E-state index contributed by atoms with van der Waals surface area (Å²) in [5.41, 5.74) is 0. The van der Waals surface area contributed by atoms with Gasteiger partial charge < -0.3 is 299 Å². The van der Waals surface area contributed by atoms with Crippen LogP contribution in [0.5, 0.6) is 0 Å². The zero-order valence-electron chi connectivity index (χ0n) is 79.2. The Morgan fingerprint density at radius 1 is 0.190 bits per heavy atom. The van der Waals surface area contributed by atoms with Crippen LogP contribution in [0.4, 0.5) is 0 Å². The second-order valence-electron chi connectivity index (χ2n) is 37.3. The van der Waals surface area contributed by atoms with Crippen LogP contribution in [0.15, 0.2) is 0 Å². The van der Waals surface area contributed by atoms with Crippen LogP contribution in [0.1, 0.15) is 41.5 Å². The zero-order chi connectivity index (χ0) is 108. The number of hydrogen-bond acceptors (Lipinski definition) is 60. The molecule has 37 N–H and O–H groups in total. The van der Waals surface area contributed by atoms with Crippen molar-refractivity contribution in [3.05, 3.63) is 0 Å². The fraction of sp³-hybridized carbons (Fsp3) is 0.939. The molecule has 0 aromatic carbocycles. The van der Waals surface area contributed by atoms with Gasteiger partial charge in [-0.15, -0.1) is 0 Å². The van der Waals surface area contributed by atoms with Gasteiger partial charge in [0.15, 0.2) is 75.5 Å². The van der Waals surface area contributed by atoms with Crippen molar-refractivity contribution in [2.75, 3.05) is 72.7 Å². The highest BCUT2D eigenvalue weighted by atomic mass is 16.8. The number of rotatable bonds is 38. The first-order valence-electron chi connectivity index (χ1n) is 47.0. The summed E-state index contributed by atoms with van der Waals surface area (Å²) in [4.78, 5) is 66.0. The molecule has 0 spiro atoms. The number of nitrogens with one attached hydrogen (secondary N) is 5. The lowest BCUT2D eigenvalue weighted by Gasteiger charge is -2.52. The van der Waals surface area contributed by atoms with Crippen molar-refractivity contribution in [1.82, 2.24) is 26.6 Å². The maximum Gasteiger partial charge on any atom is 0.217 e. The molecule has 0 radical (unpaired) electrons. The van der Waals surface area contributed by atoms with Gasteiger partial charge >= 0.3 is 0 Å². The highest BCUT2D eigenvalue weighted by Gasteiger charge is 2.64. The van der Waals surface area contributed by atoms with Crippen molar-refractivity contribution < 1.29 is 296 Å². The van der Waals surface area contributed by atoms with E-state index >= 15 is 0 Å². The molecule has 850 valence electrons. The van der Waals surface area contributed by atoms with E-state index in [1.54, 1.807) is 0 Å². The molecule has 0 aromatic heterocycles. The first-order valence-corrected chi connectivity index (χ1v) is 47.0. The normalized spacial score (nSPS) is 49.6. The minimum absolute atomic E-state index is 0.856. The molecule has 0 aromatic rings. The number of hydrogen-bond donors (Lipinski definition) is 37. The van der Waals surface area contributed by atoms with E-state index < -0.39 is 470 Å². The topological polar surface area (TPSA) is 1010 Å². The van der Waals surface area contributed by atoms with Gasteiger partial charge in [-0.3, -0.25) is 24.0 Å². The third kappa shape index (κ3) is 26.8. The highest BCUT2D eigenvalue weighted by Crippen LogP contribution is 2.43. The summed E-state index contributed by atoms with van der Waals surface area (Å²) < 4.78 is 139. The molecule has 0 saturated carbocycles. The largest absolute Gasteiger partial charge is 0.394 e. The summed E-state index contributed by atoms with van der Waals surface area (Å²) >= 11 is 0. The molecule has 12 heterocycles. The molecule has 5 amide bonds. The highest BCUT2D eigenvalue weighted by molar-refractivity contribution is 5.75. The van der Waals surface area contributed by atoms with Gasteiger partial charge in [0.25, 0.3) is 0 Å². The standard InChI is InChI=1S/C82H137N5O60/c1-18-40(102)51(113)56(118)76(127-18)125-17-34-67(46(108)35(71(124)128-34)83-19(2)97)140-73-37(85-21(4)99)48(110)65(31(14-95)134-73)144-80-61(123)68(45(107)33(138-80)16-126-81-69(55(117)44(106)27(10-91)132-81)146-74-38(86-22(5)100)49(111)63(29(12-93)135-74)142-78-58(120)53(115)42(104)25(8-89)130-78)145-82-70(147-75-39(87-23(6)101)50(112)64(30(13-94)136-75)143-79-59(121)54(116)43(105)26(9-90)131-79)60(122)66(32(15-96)137-82)139-72-36(84-20(3)98)47(109)62(28(11-92)133-72)141-77-57(119)52(114)41(103)24(7-88)129-77/h18,24-82,88-96,102-124H,7-17H2,1-6H3,(H,83,97)(H,84,98)(H,85,99)(H,86,100)(H,87,101)/t18-,24+,25+,26+,27+,28+,29+,30+,31+,32+,33+,34+,35+,36+,37+,38+,39+,40+,41-,42-,43-,44+,45+,46+,47+,48+,49+,50+,51+,52-,53-,54-,55-,56-,57+,58+,59+,60-,61-,62+,63+,64+,65+,66+,67+,68-,69-,70-,71?,72-,73-,74-,75-,76+,77-,78-,79-,80?,81-,82+/m0/s1. The van der Waals surface area contributed by atoms with Gasteiger partial charge in [0.05, 0.1) is 78.8 Å². The Morgan fingerprint density at radius 2 is 0.422 bits per heavy atom. The lowest BCUT2D eigenvalue weighted by molar-refractivity contribution is -0.407. The fourth-order valence-corrected chi connectivity index (χ4v) is 19.2. The van der Waals surface area contributed by atoms with E-state index in [9.17, 15) is 187 Å². The van der Waals surface area contributed by atoms with Gasteiger partial charge in [-0.2, -0.15) is 0 Å². The summed E-state index contributed by atoms with van der Waals surface area (Å²) in [6, 6.07) is -10.2. The SMILES string of the molecule is CC(=O)N[C@H]1[C@H](O[C@H]2[C@H](O)[C@@H](NC(C)=O)C(O)O[C@@H]2CO[C@@H]2O[C@@H](C)[C@@H](O)[C@@H](O)[C@@H]2O)O[C@H](CO)[C@@H](OC2O[C@H](CO[C@H]3O[C@H](CO)[C@@H](O)[C@H](O)[C@@H]3O[C@@H]3O[C@H](CO)[C@@H](O[C@@H]4O[C@H](CO)[C@H](O)[C@H](O)[C@H]4O)[C@H](O)[C@H]3NC(C)=O)[C@@H](O)[C@H](O[C@H]3O[C@H](CO)[C@@H](O[C@@H]4O[C@H](CO)[C@@H](O[C@@H]5O[C@H](CO)[C@H](O)[C@H](O)[C@H]5O)[C@H](O)[C@H]4NC(C)=O)[C@H](O)[C@@H]3O[C@@H]3O[C@H](CO)[C@@H](O[C@@H]4O[C@H](CO)[C@H](O)[C@H](O)[C@H]4O)[C@H](O)[C@H]3NC(C)=O)[C@@H]2O)[C@@H]1O. The van der Waals surface area contributed by atoms with Crippen LogP contribution in [0.2, 0.25) is 0 Å². The van der Waals surface area contributed by atoms with E-state index in [-0.39, 0.29) is 0 Å². The fourth-order valence-electron chi connectivity index (χ4n) is 19.2. The van der Waals surface area contributed by atoms with E-state index in [1.165, 1.54) is 6.92 Å². The van der Waals surface area contributed by atoms with Crippen molar-refractivity contribution >= 4 is 29.5 Å². The summed E-state index contributed by atoms with van der Waals surface area (Å²) in [5, 5.41) is 374. The minimum Gasteiger partial charge on any atom is -0.394 e. The number of amides is 5. The van der Waals surface area contributed by atoms with E-state index in [0.717, 1.165) is 34.6 Å². The number of carbonyl (C=O) groups excluding carboxylic acids is 5. The first-order chi connectivity index (χ1) is 69.5. The van der Waals surface area contributed by atoms with Crippen LogP contribution in [0, 0.1) is 0 Å². The molecule has 65 heteroatoms. The van der Waals surface area contributed by atoms with Gasteiger partial charge in [0.2, 0.25) is 29.5 Å². The van der Waals surface area contributed by atoms with Crippen molar-refractivity contribution in [2.24, 2.45) is 0 Å². The van der Waals surface area contributed by atoms with E-state index in [1.807, 2.05) is 0 Å². The van der Waals surface area contributed by atoms with E-state index in [4.69, 9.17) is 109 Å². The third-order valence-corrected chi connectivity index (χ3v) is 27.0. The Morgan fingerprint density at radius 3 is 0.762 bits per heavy atom. The molecule has 12 rings (SSSR count). The number of aliphatic hydroxyl groups excluding tert-OH is 32. The number of carbonyl (C=O) groups is 5. The smallest absolute Gasteiger partial charge is 0.217 e. The monoisotopic (exact) mass is 2150 g/mol. The lowest BCUT2D eigenvalue weighted by Crippen LogP contribution is -2.71. The van der Waals surface area contributed by atoms with Crippen LogP contribution in [-0.4, -0.2) is 634 Å². The molecule has 60 atom stereocenters. The zero-order valence-corrected chi connectivity index (χ0v) is 79.2. The maximum absolute atomic E-state index is 13.5. The predicted octanol–water partition coefficient (Wildman–Crippen LogP) is -25.4. The van der Waals surface area contributed by atoms with Crippen molar-refractivity contribution in [1.29, 1.82) is 0 Å². The second kappa shape index (κ2) is 52.8. The number of aliphatic hydroxyl groups is 32. The van der Waals surface area contributed by atoms with E-state index in [0.29, 0.717) is 0 Å². The average molecular weight is 2150 g/mol. The summed E-state index contributed by atoms with van der Waals surface area (Å²) in [5.74, 6) is -5.06. The molecule has 12 aliphatic rings. The minimum atomic E-state index is -2.81. The predicted molar refractivity (Wildman–Crippen MR) is 452 cm³/mol. The molecule has 12 aliphatic heterocycles. The lowest BCUT2D eigenvalue weighted by atomic mass is 9.93. The molecule has 147 heavy (non-hydrogen) atoms. The Hall–Kier alpha value is -4.85. The molecule has 12 fully saturated rings. The molecular formula is C82H137N5O60. The van der Waals surface area contributed by atoms with Gasteiger partial charge in [0, 0.05) is 34.6 Å². The van der Waals surface area contributed by atoms with Gasteiger partial charge in [-0.05, 0) is 6.92 Å². The van der Waals surface area contributed by atoms with Crippen molar-refractivity contribution in [3.8, 4) is 0 Å². The maximum atomic E-state index is 13.5. The Bertz CT molecular complexity index is 4110. The molecule has 2 unspecified atom stereocenters. The molecule has 12 saturated heterocycles. The van der Waals surface area contributed by atoms with E-state index in [2.05, 4.69) is 26.6 Å². The van der Waals surface area contributed by atoms with Crippen molar-refractivity contribution in [3.63, 3.8) is 0 Å². The second-order valence-corrected chi connectivity index (χ2v) is 37.3. The summed E-state index contributed by atoms with van der Waals surface area (Å²) in [6.45, 7) is -7.27. The van der Waals surface area contributed by atoms with Crippen LogP contribution in [0.3, 0.4) is 0 Å². The first kappa shape index (κ1) is 121. The molecule has 0 aliphatic carbocycles. The third-order valence-electron chi connectivity index (χ3n) is 27.0. The van der Waals surface area contributed by atoms with Gasteiger partial charge in [0.1, 0.15) is 287 Å². The van der Waals surface area contributed by atoms with Gasteiger partial charge in [-0.1, -0.05) is 0 Å². The molecule has 0 bridgehead atoms. The Labute approximate surface area is 832 Å². The summed E-state index contributed by atoms with van der Waals surface area (Å²) in [7, 11) is 0. The van der Waals surface area contributed by atoms with Crippen LogP contribution >= 0.6 is 0 Å². The van der Waals surface area contributed by atoms with Crippen LogP contribution < -0.4 is 26.6 Å². The Balaban J connectivity index is 0.929. The quantitative estimate of drug-likeness (QED) is 0.0273. The van der Waals surface area contributed by atoms with Crippen LogP contribution in [-0.2, 0) is 133 Å². The van der Waals surface area contributed by atoms with Crippen molar-refractivity contribution in [2.45, 2.75) is 410 Å². The summed E-state index contributed by atoms with van der Waals surface area (Å²) in [6.07, 6.45) is -119.